The van der Waals surface area contributed by atoms with E-state index in [-0.39, 0.29) is 0 Å². The van der Waals surface area contributed by atoms with Crippen LogP contribution in [0.3, 0.4) is 0 Å². The quantitative estimate of drug-likeness (QED) is 0.0859. The SMILES string of the molecule is CCCCCCCCc1cc(-c2cc(-c3cc4sc(C)cc4s3)nc(-c3ccc4sc5cc6oc7ccccc7c6cc5c4c3)n2)c(CCCCCCCC)cc1C. The number of unbranched alkanes of at least 4 members (excludes halogenated alkanes) is 10. The second-order valence-corrected chi connectivity index (χ2v) is 19.8. The predicted octanol–water partition coefficient (Wildman–Crippen LogP) is 17.4. The van der Waals surface area contributed by atoms with Gasteiger partial charge in [-0.1, -0.05) is 102 Å². The van der Waals surface area contributed by atoms with Gasteiger partial charge in [-0.3, -0.25) is 0 Å². The number of nitrogens with zero attached hydrogens (tertiary/aromatic N) is 2. The lowest BCUT2D eigenvalue weighted by Crippen LogP contribution is -2.01. The highest BCUT2D eigenvalue weighted by atomic mass is 32.1. The van der Waals surface area contributed by atoms with Crippen LogP contribution in [0.5, 0.6) is 0 Å². The Hall–Kier alpha value is -4.36. The Balaban J connectivity index is 1.15. The van der Waals surface area contributed by atoms with Gasteiger partial charge in [-0.25, -0.2) is 9.97 Å². The third-order valence-electron chi connectivity index (χ3n) is 12.0. The minimum Gasteiger partial charge on any atom is -0.456 e. The van der Waals surface area contributed by atoms with Gasteiger partial charge in [0, 0.05) is 56.3 Å². The molecule has 0 saturated carbocycles. The first kappa shape index (κ1) is 39.1. The van der Waals surface area contributed by atoms with Crippen LogP contribution in [0.25, 0.3) is 84.7 Å². The van der Waals surface area contributed by atoms with Gasteiger partial charge in [0.2, 0.25) is 0 Å². The molecule has 0 atom stereocenters. The Morgan fingerprint density at radius 3 is 2.00 bits per heavy atom. The van der Waals surface area contributed by atoms with Gasteiger partial charge in [-0.05, 0) is 117 Å². The van der Waals surface area contributed by atoms with Crippen LogP contribution in [-0.2, 0) is 12.8 Å². The number of rotatable bonds is 17. The van der Waals surface area contributed by atoms with Gasteiger partial charge in [-0.15, -0.1) is 34.0 Å². The second-order valence-electron chi connectivity index (χ2n) is 16.4. The Labute approximate surface area is 355 Å². The summed E-state index contributed by atoms with van der Waals surface area (Å²) in [6.45, 7) is 9.13. The summed E-state index contributed by atoms with van der Waals surface area (Å²) in [7, 11) is 0. The van der Waals surface area contributed by atoms with Crippen molar-refractivity contribution in [3.05, 3.63) is 106 Å². The summed E-state index contributed by atoms with van der Waals surface area (Å²) in [5, 5.41) is 4.82. The zero-order valence-corrected chi connectivity index (χ0v) is 37.0. The van der Waals surface area contributed by atoms with Crippen molar-refractivity contribution < 1.29 is 4.42 Å². The summed E-state index contributed by atoms with van der Waals surface area (Å²) >= 11 is 5.55. The molecule has 58 heavy (non-hydrogen) atoms. The second kappa shape index (κ2) is 17.5. The minimum atomic E-state index is 0.792. The van der Waals surface area contributed by atoms with Crippen molar-refractivity contribution >= 4 is 85.5 Å². The standard InChI is InChI=1S/C52H54N2OS3/c1-5-7-9-11-13-15-19-35-27-39(36(25-33(35)3)20-16-14-12-10-8-6-2)43-30-44(49-32-51-50(58-49)26-34(4)56-51)54-52(53-43)37-23-24-47-41(28-37)42-29-40-38-21-17-18-22-45(38)55-46(40)31-48(42)57-47/h17-18,21-32H,5-16,19-20H2,1-4H3. The topological polar surface area (TPSA) is 38.9 Å². The van der Waals surface area contributed by atoms with Gasteiger partial charge in [0.1, 0.15) is 11.2 Å². The minimum absolute atomic E-state index is 0.792. The maximum atomic E-state index is 6.28. The lowest BCUT2D eigenvalue weighted by molar-refractivity contribution is 0.605. The summed E-state index contributed by atoms with van der Waals surface area (Å²) in [4.78, 5) is 13.5. The predicted molar refractivity (Wildman–Crippen MR) is 255 cm³/mol. The normalized spacial score (nSPS) is 12.1. The number of para-hydroxylation sites is 1. The average molecular weight is 819 g/mol. The van der Waals surface area contributed by atoms with Crippen LogP contribution in [-0.4, -0.2) is 9.97 Å². The molecule has 4 aromatic carbocycles. The molecular formula is C52H54N2OS3. The van der Waals surface area contributed by atoms with E-state index in [1.54, 1.807) is 0 Å². The molecule has 296 valence electrons. The van der Waals surface area contributed by atoms with E-state index in [1.165, 1.54) is 139 Å². The average Bonchev–Trinajstić information content (AvgIpc) is 3.99. The number of hydrogen-bond donors (Lipinski definition) is 0. The number of thiophene rings is 3. The Morgan fingerprint density at radius 2 is 1.21 bits per heavy atom. The highest BCUT2D eigenvalue weighted by Gasteiger charge is 2.19. The molecule has 0 amide bonds. The summed E-state index contributed by atoms with van der Waals surface area (Å²) in [6, 6.07) is 31.7. The van der Waals surface area contributed by atoms with E-state index in [9.17, 15) is 0 Å². The Bertz CT molecular complexity index is 2840. The first-order valence-corrected chi connectivity index (χ1v) is 24.2. The smallest absolute Gasteiger partial charge is 0.160 e. The van der Waals surface area contributed by atoms with E-state index >= 15 is 0 Å². The number of hydrogen-bond acceptors (Lipinski definition) is 6. The van der Waals surface area contributed by atoms with Crippen molar-refractivity contribution in [2.75, 3.05) is 0 Å². The molecule has 0 N–H and O–H groups in total. The molecule has 5 aromatic heterocycles. The van der Waals surface area contributed by atoms with E-state index in [1.807, 2.05) is 40.1 Å². The van der Waals surface area contributed by atoms with Crippen molar-refractivity contribution in [3.63, 3.8) is 0 Å². The van der Waals surface area contributed by atoms with E-state index in [2.05, 4.69) is 107 Å². The van der Waals surface area contributed by atoms with E-state index in [4.69, 9.17) is 14.4 Å². The molecule has 9 aromatic rings. The van der Waals surface area contributed by atoms with E-state index in [0.29, 0.717) is 0 Å². The molecular weight excluding hydrogens is 765 g/mol. The maximum absolute atomic E-state index is 6.28. The summed E-state index contributed by atoms with van der Waals surface area (Å²) in [5.74, 6) is 0.792. The third kappa shape index (κ3) is 8.13. The van der Waals surface area contributed by atoms with Gasteiger partial charge >= 0.3 is 0 Å². The van der Waals surface area contributed by atoms with Crippen LogP contribution in [0.15, 0.2) is 89.3 Å². The van der Waals surface area contributed by atoms with Crippen LogP contribution in [0, 0.1) is 13.8 Å². The largest absolute Gasteiger partial charge is 0.456 e. The highest BCUT2D eigenvalue weighted by Crippen LogP contribution is 2.43. The Morgan fingerprint density at radius 1 is 0.500 bits per heavy atom. The molecule has 3 nitrogen and oxygen atoms in total. The zero-order valence-electron chi connectivity index (χ0n) is 34.5. The van der Waals surface area contributed by atoms with Crippen molar-refractivity contribution in [2.24, 2.45) is 0 Å². The summed E-state index contributed by atoms with van der Waals surface area (Å²) in [5.41, 5.74) is 10.6. The molecule has 6 heteroatoms. The van der Waals surface area contributed by atoms with Crippen LogP contribution in [0.2, 0.25) is 0 Å². The van der Waals surface area contributed by atoms with Gasteiger partial charge in [0.05, 0.1) is 16.3 Å². The molecule has 0 fully saturated rings. The highest BCUT2D eigenvalue weighted by molar-refractivity contribution is 7.29. The fourth-order valence-electron chi connectivity index (χ4n) is 8.78. The molecule has 0 aliphatic rings. The molecule has 0 unspecified atom stereocenters. The number of aromatic nitrogens is 2. The lowest BCUT2D eigenvalue weighted by atomic mass is 9.91. The fraction of sp³-hybridized carbons (Fsp3) is 0.346. The Kier molecular flexibility index (Phi) is 11.8. The molecule has 9 rings (SSSR count). The lowest BCUT2D eigenvalue weighted by Gasteiger charge is -2.16. The number of aryl methyl sites for hydroxylation is 4. The van der Waals surface area contributed by atoms with Crippen molar-refractivity contribution in [2.45, 2.75) is 118 Å². The van der Waals surface area contributed by atoms with Crippen LogP contribution < -0.4 is 0 Å². The number of furan rings is 1. The molecule has 0 saturated heterocycles. The third-order valence-corrected chi connectivity index (χ3v) is 15.3. The fourth-order valence-corrected chi connectivity index (χ4v) is 12.2. The molecule has 0 aliphatic heterocycles. The first-order chi connectivity index (χ1) is 28.4. The zero-order chi connectivity index (χ0) is 39.6. The summed E-state index contributed by atoms with van der Waals surface area (Å²) in [6.07, 6.45) is 17.8. The van der Waals surface area contributed by atoms with Gasteiger partial charge in [0.15, 0.2) is 5.82 Å². The van der Waals surface area contributed by atoms with Gasteiger partial charge in [0.25, 0.3) is 0 Å². The molecule has 5 heterocycles. The first-order valence-electron chi connectivity index (χ1n) is 21.8. The van der Waals surface area contributed by atoms with E-state index in [0.717, 1.165) is 57.6 Å². The van der Waals surface area contributed by atoms with Gasteiger partial charge < -0.3 is 4.42 Å². The molecule has 0 spiro atoms. The van der Waals surface area contributed by atoms with Crippen molar-refractivity contribution in [1.29, 1.82) is 0 Å². The number of fused-ring (bicyclic) bond motifs is 7. The van der Waals surface area contributed by atoms with Crippen LogP contribution in [0.4, 0.5) is 0 Å². The summed E-state index contributed by atoms with van der Waals surface area (Å²) < 4.78 is 11.5. The molecule has 0 bridgehead atoms. The number of benzene rings is 4. The van der Waals surface area contributed by atoms with Crippen molar-refractivity contribution in [1.82, 2.24) is 9.97 Å². The van der Waals surface area contributed by atoms with Crippen molar-refractivity contribution in [3.8, 4) is 33.2 Å². The van der Waals surface area contributed by atoms with Crippen LogP contribution >= 0.6 is 34.0 Å². The molecule has 0 aliphatic carbocycles. The maximum Gasteiger partial charge on any atom is 0.160 e. The van der Waals surface area contributed by atoms with Gasteiger partial charge in [-0.2, -0.15) is 0 Å². The monoisotopic (exact) mass is 818 g/mol. The molecule has 0 radical (unpaired) electrons. The van der Waals surface area contributed by atoms with E-state index < -0.39 is 0 Å². The van der Waals surface area contributed by atoms with Crippen LogP contribution in [0.1, 0.15) is 112 Å².